The second-order valence-electron chi connectivity index (χ2n) is 6.09. The highest BCUT2D eigenvalue weighted by atomic mass is 79.9. The van der Waals surface area contributed by atoms with Crippen molar-refractivity contribution in [2.75, 3.05) is 11.9 Å². The van der Waals surface area contributed by atoms with E-state index in [0.717, 1.165) is 26.4 Å². The third kappa shape index (κ3) is 4.78. The Morgan fingerprint density at radius 2 is 2.04 bits per heavy atom. The number of carbonyl (C=O) groups excluding carboxylic acids is 1. The first-order valence-corrected chi connectivity index (χ1v) is 9.49. The largest absolute Gasteiger partial charge is 0.489 e. The van der Waals surface area contributed by atoms with Gasteiger partial charge in [-0.2, -0.15) is 5.10 Å². The molecule has 3 rings (SSSR count). The molecule has 3 aromatic rings. The van der Waals surface area contributed by atoms with Crippen molar-refractivity contribution in [3.63, 3.8) is 0 Å². The first kappa shape index (κ1) is 19.6. The second kappa shape index (κ2) is 9.19. The van der Waals surface area contributed by atoms with Gasteiger partial charge < -0.3 is 10.1 Å². The van der Waals surface area contributed by atoms with E-state index in [9.17, 15) is 4.79 Å². The zero-order chi connectivity index (χ0) is 19.9. The van der Waals surface area contributed by atoms with Gasteiger partial charge in [0.05, 0.1) is 6.21 Å². The summed E-state index contributed by atoms with van der Waals surface area (Å²) in [5.41, 5.74) is 5.00. The monoisotopic (exact) mass is 437 g/mol. The van der Waals surface area contributed by atoms with Crippen molar-refractivity contribution in [1.82, 2.24) is 5.43 Å². The highest BCUT2D eigenvalue weighted by molar-refractivity contribution is 9.10. The molecule has 0 fully saturated rings. The quantitative estimate of drug-likeness (QED) is 0.298. The lowest BCUT2D eigenvalue weighted by molar-refractivity contribution is 0.252. The summed E-state index contributed by atoms with van der Waals surface area (Å²) in [5.74, 6) is 0.674. The number of urea groups is 1. The number of carbonyl (C=O) groups is 1. The Hall–Kier alpha value is -3.12. The van der Waals surface area contributed by atoms with E-state index in [2.05, 4.69) is 38.4 Å². The van der Waals surface area contributed by atoms with E-state index < -0.39 is 6.03 Å². The molecule has 6 heteroatoms. The molecule has 0 heterocycles. The van der Waals surface area contributed by atoms with E-state index in [1.165, 1.54) is 0 Å². The molecule has 0 unspecified atom stereocenters. The fraction of sp³-hybridized carbons (Fsp3) is 0.0909. The Bertz CT molecular complexity index is 1050. The zero-order valence-electron chi connectivity index (χ0n) is 15.4. The number of anilines is 1. The van der Waals surface area contributed by atoms with Gasteiger partial charge in [-0.3, -0.25) is 0 Å². The Morgan fingerprint density at radius 3 is 2.82 bits per heavy atom. The predicted molar refractivity (Wildman–Crippen MR) is 118 cm³/mol. The van der Waals surface area contributed by atoms with Crippen LogP contribution in [-0.2, 0) is 0 Å². The summed E-state index contributed by atoms with van der Waals surface area (Å²) < 4.78 is 6.72. The van der Waals surface area contributed by atoms with E-state index in [4.69, 9.17) is 4.74 Å². The number of halogens is 1. The fourth-order valence-electron chi connectivity index (χ4n) is 2.72. The molecule has 2 amide bonds. The molecule has 0 saturated carbocycles. The number of nitrogens with zero attached hydrogens (tertiary/aromatic N) is 1. The van der Waals surface area contributed by atoms with Crippen molar-refractivity contribution in [3.8, 4) is 5.75 Å². The van der Waals surface area contributed by atoms with Gasteiger partial charge in [-0.1, -0.05) is 58.9 Å². The lowest BCUT2D eigenvalue weighted by Crippen LogP contribution is -2.24. The molecule has 0 radical (unpaired) electrons. The van der Waals surface area contributed by atoms with Crippen LogP contribution in [0.4, 0.5) is 10.5 Å². The normalized spacial score (nSPS) is 10.8. The van der Waals surface area contributed by atoms with Crippen LogP contribution in [0, 0.1) is 6.92 Å². The average Bonchev–Trinajstić information content (AvgIpc) is 2.70. The molecule has 0 atom stereocenters. The highest BCUT2D eigenvalue weighted by Gasteiger charge is 2.07. The van der Waals surface area contributed by atoms with Gasteiger partial charge in [0.1, 0.15) is 12.4 Å². The predicted octanol–water partition coefficient (Wildman–Crippen LogP) is 5.63. The third-order valence-electron chi connectivity index (χ3n) is 4.06. The van der Waals surface area contributed by atoms with Gasteiger partial charge in [-0.15, -0.1) is 0 Å². The van der Waals surface area contributed by atoms with Crippen LogP contribution < -0.4 is 15.5 Å². The summed E-state index contributed by atoms with van der Waals surface area (Å²) in [6.45, 7) is 6.02. The van der Waals surface area contributed by atoms with Crippen molar-refractivity contribution in [1.29, 1.82) is 0 Å². The molecule has 28 heavy (non-hydrogen) atoms. The summed E-state index contributed by atoms with van der Waals surface area (Å²) in [6, 6.07) is 16.9. The second-order valence-corrected chi connectivity index (χ2v) is 6.94. The minimum atomic E-state index is -0.424. The maximum absolute atomic E-state index is 12.1. The number of hydrogen-bond acceptors (Lipinski definition) is 3. The molecule has 0 aliphatic carbocycles. The average molecular weight is 438 g/mol. The lowest BCUT2D eigenvalue weighted by Gasteiger charge is -2.10. The third-order valence-corrected chi connectivity index (χ3v) is 4.95. The zero-order valence-corrected chi connectivity index (χ0v) is 17.0. The molecule has 3 aromatic carbocycles. The molecular formula is C22H20BrN3O2. The topological polar surface area (TPSA) is 62.7 Å². The Labute approximate surface area is 172 Å². The number of rotatable bonds is 6. The SMILES string of the molecule is C=CCOc1ccc2ccccc2c1C=NNC(=O)Nc1ccc(Br)c(C)c1. The lowest BCUT2D eigenvalue weighted by atomic mass is 10.0. The van der Waals surface area contributed by atoms with Crippen LogP contribution in [0.25, 0.3) is 10.8 Å². The minimum absolute atomic E-state index is 0.385. The van der Waals surface area contributed by atoms with Gasteiger partial charge in [-0.25, -0.2) is 10.2 Å². The first-order chi connectivity index (χ1) is 13.6. The summed E-state index contributed by atoms with van der Waals surface area (Å²) >= 11 is 3.44. The molecule has 0 aliphatic rings. The number of amides is 2. The van der Waals surface area contributed by atoms with E-state index in [-0.39, 0.29) is 0 Å². The summed E-state index contributed by atoms with van der Waals surface area (Å²) in [4.78, 5) is 12.1. The van der Waals surface area contributed by atoms with Gasteiger partial charge >= 0.3 is 6.03 Å². The van der Waals surface area contributed by atoms with Gasteiger partial charge in [-0.05, 0) is 47.5 Å². The maximum Gasteiger partial charge on any atom is 0.339 e. The molecule has 0 aromatic heterocycles. The summed E-state index contributed by atoms with van der Waals surface area (Å²) in [7, 11) is 0. The van der Waals surface area contributed by atoms with Crippen LogP contribution in [0.2, 0.25) is 0 Å². The van der Waals surface area contributed by atoms with Gasteiger partial charge in [0.2, 0.25) is 0 Å². The van der Waals surface area contributed by atoms with E-state index in [1.54, 1.807) is 12.3 Å². The molecule has 5 nitrogen and oxygen atoms in total. The van der Waals surface area contributed by atoms with Crippen LogP contribution in [0.5, 0.6) is 5.75 Å². The number of nitrogens with one attached hydrogen (secondary N) is 2. The van der Waals surface area contributed by atoms with Gasteiger partial charge in [0.25, 0.3) is 0 Å². The summed E-state index contributed by atoms with van der Waals surface area (Å²) in [5, 5.41) is 8.89. The molecule has 0 spiro atoms. The number of aryl methyl sites for hydroxylation is 1. The minimum Gasteiger partial charge on any atom is -0.489 e. The number of ether oxygens (including phenoxy) is 1. The number of hydrogen-bond donors (Lipinski definition) is 2. The van der Waals surface area contributed by atoms with Crippen molar-refractivity contribution in [3.05, 3.63) is 82.9 Å². The van der Waals surface area contributed by atoms with Crippen LogP contribution in [-0.4, -0.2) is 18.9 Å². The van der Waals surface area contributed by atoms with Crippen LogP contribution in [0.3, 0.4) is 0 Å². The molecule has 0 saturated heterocycles. The number of fused-ring (bicyclic) bond motifs is 1. The van der Waals surface area contributed by atoms with E-state index in [0.29, 0.717) is 18.0 Å². The van der Waals surface area contributed by atoms with Gasteiger partial charge in [0, 0.05) is 15.7 Å². The fourth-order valence-corrected chi connectivity index (χ4v) is 2.97. The summed E-state index contributed by atoms with van der Waals surface area (Å²) in [6.07, 6.45) is 3.27. The molecular weight excluding hydrogens is 418 g/mol. The van der Waals surface area contributed by atoms with Crippen molar-refractivity contribution >= 4 is 44.6 Å². The molecule has 142 valence electrons. The standard InChI is InChI=1S/C22H20BrN3O2/c1-3-12-28-21-11-8-16-6-4-5-7-18(16)19(21)14-24-26-22(27)25-17-9-10-20(23)15(2)13-17/h3-11,13-14H,1,12H2,2H3,(H2,25,26,27). The first-order valence-electron chi connectivity index (χ1n) is 8.70. The van der Waals surface area contributed by atoms with Crippen LogP contribution >= 0.6 is 15.9 Å². The Kier molecular flexibility index (Phi) is 6.45. The number of benzene rings is 3. The van der Waals surface area contributed by atoms with E-state index >= 15 is 0 Å². The van der Waals surface area contributed by atoms with Gasteiger partial charge in [0.15, 0.2) is 0 Å². The van der Waals surface area contributed by atoms with Crippen molar-refractivity contribution < 1.29 is 9.53 Å². The van der Waals surface area contributed by atoms with Crippen LogP contribution in [0.15, 0.2) is 76.8 Å². The van der Waals surface area contributed by atoms with E-state index in [1.807, 2.05) is 61.5 Å². The molecule has 0 aliphatic heterocycles. The highest BCUT2D eigenvalue weighted by Crippen LogP contribution is 2.26. The smallest absolute Gasteiger partial charge is 0.339 e. The number of hydrazone groups is 1. The molecule has 0 bridgehead atoms. The maximum atomic E-state index is 12.1. The van der Waals surface area contributed by atoms with Crippen molar-refractivity contribution in [2.24, 2.45) is 5.10 Å². The van der Waals surface area contributed by atoms with Crippen molar-refractivity contribution in [2.45, 2.75) is 6.92 Å². The molecule has 2 N–H and O–H groups in total. The Balaban J connectivity index is 1.77. The van der Waals surface area contributed by atoms with Crippen LogP contribution in [0.1, 0.15) is 11.1 Å². The Morgan fingerprint density at radius 1 is 1.21 bits per heavy atom.